The number of ether oxygens (including phenoxy) is 2. The average Bonchev–Trinajstić information content (AvgIpc) is 2.41. The van der Waals surface area contributed by atoms with Gasteiger partial charge in [-0.05, 0) is 29.7 Å². The van der Waals surface area contributed by atoms with Gasteiger partial charge >= 0.3 is 0 Å². The molecule has 1 aromatic carbocycles. The number of hydrogen-bond acceptors (Lipinski definition) is 4. The van der Waals surface area contributed by atoms with Crippen LogP contribution in [-0.4, -0.2) is 30.8 Å². The van der Waals surface area contributed by atoms with Gasteiger partial charge in [0.2, 0.25) is 0 Å². The first-order chi connectivity index (χ1) is 8.96. The number of rotatable bonds is 3. The summed E-state index contributed by atoms with van der Waals surface area (Å²) < 4.78 is 10.9. The van der Waals surface area contributed by atoms with Gasteiger partial charge in [-0.2, -0.15) is 11.8 Å². The first kappa shape index (κ1) is 14.5. The van der Waals surface area contributed by atoms with Crippen LogP contribution < -0.4 is 9.47 Å². The molecule has 0 radical (unpaired) electrons. The van der Waals surface area contributed by atoms with Crippen molar-refractivity contribution in [2.45, 2.75) is 25.9 Å². The zero-order valence-electron chi connectivity index (χ0n) is 12.0. The summed E-state index contributed by atoms with van der Waals surface area (Å²) in [7, 11) is 3.26. The molecule has 1 atom stereocenters. The topological polar surface area (TPSA) is 38.7 Å². The highest BCUT2D eigenvalue weighted by molar-refractivity contribution is 7.99. The number of benzene rings is 1. The van der Waals surface area contributed by atoms with Gasteiger partial charge in [0, 0.05) is 5.75 Å². The van der Waals surface area contributed by atoms with Crippen LogP contribution in [0.4, 0.5) is 0 Å². The van der Waals surface area contributed by atoms with Crippen LogP contribution in [0, 0.1) is 5.41 Å². The van der Waals surface area contributed by atoms with Crippen molar-refractivity contribution >= 4 is 11.8 Å². The molecule has 1 aliphatic rings. The second-order valence-corrected chi connectivity index (χ2v) is 6.69. The predicted octanol–water partition coefficient (Wildman–Crippen LogP) is 3.05. The first-order valence-electron chi connectivity index (χ1n) is 6.48. The molecule has 0 aromatic heterocycles. The third kappa shape index (κ3) is 2.32. The van der Waals surface area contributed by atoms with Crippen LogP contribution in [-0.2, 0) is 5.60 Å². The fourth-order valence-corrected chi connectivity index (χ4v) is 4.25. The minimum absolute atomic E-state index is 0.208. The molecule has 19 heavy (non-hydrogen) atoms. The Kier molecular flexibility index (Phi) is 4.02. The van der Waals surface area contributed by atoms with E-state index in [1.54, 1.807) is 26.0 Å². The molecule has 0 amide bonds. The minimum Gasteiger partial charge on any atom is -0.496 e. The van der Waals surface area contributed by atoms with Crippen molar-refractivity contribution in [3.63, 3.8) is 0 Å². The number of methoxy groups -OCH3 is 2. The molecule has 1 N–H and O–H groups in total. The van der Waals surface area contributed by atoms with E-state index in [4.69, 9.17) is 9.47 Å². The van der Waals surface area contributed by atoms with E-state index in [0.717, 1.165) is 17.7 Å². The molecule has 0 aliphatic carbocycles. The molecular formula is C15H22O3S. The molecule has 3 nitrogen and oxygen atoms in total. The highest BCUT2D eigenvalue weighted by Gasteiger charge is 2.49. The van der Waals surface area contributed by atoms with Crippen molar-refractivity contribution in [2.24, 2.45) is 5.41 Å². The van der Waals surface area contributed by atoms with E-state index in [1.807, 2.05) is 18.2 Å². The molecule has 0 saturated carbocycles. The van der Waals surface area contributed by atoms with Gasteiger partial charge in [-0.25, -0.2) is 0 Å². The Balaban J connectivity index is 2.61. The maximum atomic E-state index is 11.3. The second-order valence-electron chi connectivity index (χ2n) is 5.58. The van der Waals surface area contributed by atoms with Gasteiger partial charge in [0.1, 0.15) is 17.1 Å². The third-order valence-corrected chi connectivity index (χ3v) is 5.26. The number of hydrogen-bond donors (Lipinski definition) is 1. The number of aliphatic hydroxyl groups is 1. The van der Waals surface area contributed by atoms with Crippen LogP contribution in [0.15, 0.2) is 18.2 Å². The number of thioether (sulfide) groups is 1. The van der Waals surface area contributed by atoms with E-state index in [1.165, 1.54) is 0 Å². The summed E-state index contributed by atoms with van der Waals surface area (Å²) in [5.41, 5.74) is -0.370. The monoisotopic (exact) mass is 282 g/mol. The van der Waals surface area contributed by atoms with Gasteiger partial charge in [-0.15, -0.1) is 0 Å². The molecule has 0 bridgehead atoms. The lowest BCUT2D eigenvalue weighted by molar-refractivity contribution is -0.0607. The van der Waals surface area contributed by atoms with Crippen molar-refractivity contribution in [3.05, 3.63) is 23.8 Å². The van der Waals surface area contributed by atoms with E-state index < -0.39 is 5.60 Å². The predicted molar refractivity (Wildman–Crippen MR) is 79.2 cm³/mol. The Morgan fingerprint density at radius 1 is 1.16 bits per heavy atom. The Morgan fingerprint density at radius 3 is 2.21 bits per heavy atom. The SMILES string of the molecule is COc1cccc(OC)c1C1(O)CSCCC1(C)C. The van der Waals surface area contributed by atoms with Gasteiger partial charge in [0.05, 0.1) is 19.8 Å². The largest absolute Gasteiger partial charge is 0.496 e. The summed E-state index contributed by atoms with van der Waals surface area (Å²) in [5, 5.41) is 11.3. The minimum atomic E-state index is -0.937. The smallest absolute Gasteiger partial charge is 0.128 e. The fourth-order valence-electron chi connectivity index (χ4n) is 2.62. The van der Waals surface area contributed by atoms with Crippen LogP contribution in [0.5, 0.6) is 11.5 Å². The van der Waals surface area contributed by atoms with Crippen molar-refractivity contribution in [3.8, 4) is 11.5 Å². The van der Waals surface area contributed by atoms with Gasteiger partial charge in [-0.1, -0.05) is 19.9 Å². The molecule has 106 valence electrons. The van der Waals surface area contributed by atoms with Gasteiger partial charge < -0.3 is 14.6 Å². The molecule has 2 rings (SSSR count). The Bertz CT molecular complexity index is 436. The summed E-state index contributed by atoms with van der Waals surface area (Å²) in [4.78, 5) is 0. The van der Waals surface area contributed by atoms with Crippen molar-refractivity contribution in [1.82, 2.24) is 0 Å². The van der Waals surface area contributed by atoms with Gasteiger partial charge in [0.15, 0.2) is 0 Å². The first-order valence-corrected chi connectivity index (χ1v) is 7.63. The molecular weight excluding hydrogens is 260 g/mol. The van der Waals surface area contributed by atoms with Crippen LogP contribution in [0.3, 0.4) is 0 Å². The van der Waals surface area contributed by atoms with Crippen LogP contribution in [0.25, 0.3) is 0 Å². The molecule has 1 fully saturated rings. The van der Waals surface area contributed by atoms with Crippen molar-refractivity contribution < 1.29 is 14.6 Å². The summed E-state index contributed by atoms with van der Waals surface area (Å²) in [5.74, 6) is 3.12. The third-order valence-electron chi connectivity index (χ3n) is 4.14. The molecule has 1 aliphatic heterocycles. The van der Waals surface area contributed by atoms with Crippen LogP contribution in [0.1, 0.15) is 25.8 Å². The molecule has 1 heterocycles. The Labute approximate surface area is 119 Å². The molecule has 4 heteroatoms. The lowest BCUT2D eigenvalue weighted by Crippen LogP contribution is -2.47. The molecule has 1 unspecified atom stereocenters. The zero-order chi connectivity index (χ0) is 14.1. The lowest BCUT2D eigenvalue weighted by Gasteiger charge is -2.47. The highest BCUT2D eigenvalue weighted by Crippen LogP contribution is 2.53. The zero-order valence-corrected chi connectivity index (χ0v) is 12.8. The fraction of sp³-hybridized carbons (Fsp3) is 0.600. The summed E-state index contributed by atoms with van der Waals surface area (Å²) in [6.45, 7) is 4.22. The van der Waals surface area contributed by atoms with E-state index in [0.29, 0.717) is 17.3 Å². The normalized spacial score (nSPS) is 25.9. The molecule has 1 aromatic rings. The highest BCUT2D eigenvalue weighted by atomic mass is 32.2. The van der Waals surface area contributed by atoms with Crippen LogP contribution >= 0.6 is 11.8 Å². The van der Waals surface area contributed by atoms with E-state index in [9.17, 15) is 5.11 Å². The Hall–Kier alpha value is -0.870. The Morgan fingerprint density at radius 2 is 1.74 bits per heavy atom. The summed E-state index contributed by atoms with van der Waals surface area (Å²) in [6.07, 6.45) is 0.968. The van der Waals surface area contributed by atoms with E-state index in [2.05, 4.69) is 13.8 Å². The van der Waals surface area contributed by atoms with Crippen molar-refractivity contribution in [1.29, 1.82) is 0 Å². The van der Waals surface area contributed by atoms with Crippen LogP contribution in [0.2, 0.25) is 0 Å². The summed E-state index contributed by atoms with van der Waals surface area (Å²) in [6, 6.07) is 5.64. The second kappa shape index (κ2) is 5.25. The lowest BCUT2D eigenvalue weighted by atomic mass is 9.69. The van der Waals surface area contributed by atoms with E-state index >= 15 is 0 Å². The molecule has 0 spiro atoms. The van der Waals surface area contributed by atoms with Gasteiger partial charge in [0.25, 0.3) is 0 Å². The van der Waals surface area contributed by atoms with Gasteiger partial charge in [-0.3, -0.25) is 0 Å². The maximum absolute atomic E-state index is 11.3. The summed E-state index contributed by atoms with van der Waals surface area (Å²) >= 11 is 1.78. The van der Waals surface area contributed by atoms with Crippen molar-refractivity contribution in [2.75, 3.05) is 25.7 Å². The molecule has 1 saturated heterocycles. The quantitative estimate of drug-likeness (QED) is 0.925. The average molecular weight is 282 g/mol. The van der Waals surface area contributed by atoms with E-state index in [-0.39, 0.29) is 5.41 Å². The maximum Gasteiger partial charge on any atom is 0.128 e. The standard InChI is InChI=1S/C15H22O3S/c1-14(2)8-9-19-10-15(14,16)13-11(17-3)6-5-7-12(13)18-4/h5-7,16H,8-10H2,1-4H3.